The molecule has 1 aromatic rings. The Morgan fingerprint density at radius 2 is 2.40 bits per heavy atom. The summed E-state index contributed by atoms with van der Waals surface area (Å²) in [6, 6.07) is 5.08. The Morgan fingerprint density at radius 3 is 3.05 bits per heavy atom. The van der Waals surface area contributed by atoms with E-state index in [1.54, 1.807) is 30.0 Å². The van der Waals surface area contributed by atoms with Gasteiger partial charge >= 0.3 is 0 Å². The minimum atomic E-state index is -0.598. The average molecular weight is 363 g/mol. The lowest BCUT2D eigenvalue weighted by atomic mass is 10.2. The minimum Gasteiger partial charge on any atom is -0.480 e. The number of carbonyl (C=O) groups excluding carboxylic acids is 1. The van der Waals surface area contributed by atoms with E-state index < -0.39 is 6.10 Å². The van der Waals surface area contributed by atoms with Crippen LogP contribution in [0.1, 0.15) is 19.8 Å². The molecule has 1 amide bonds. The lowest BCUT2D eigenvalue weighted by molar-refractivity contribution is -0.139. The molecule has 1 aliphatic heterocycles. The van der Waals surface area contributed by atoms with Crippen molar-refractivity contribution in [2.24, 2.45) is 0 Å². The Bertz CT molecular complexity index is 497. The fraction of sp³-hybridized carbons (Fsp3) is 0.500. The first-order valence-electron chi connectivity index (χ1n) is 6.56. The van der Waals surface area contributed by atoms with Crippen LogP contribution in [-0.4, -0.2) is 41.2 Å². The second kappa shape index (κ2) is 6.78. The number of hydrogen-bond acceptors (Lipinski definition) is 3. The average Bonchev–Trinajstić information content (AvgIpc) is 2.89. The van der Waals surface area contributed by atoms with Gasteiger partial charge in [-0.25, -0.2) is 0 Å². The summed E-state index contributed by atoms with van der Waals surface area (Å²) in [5.74, 6) is 0.485. The number of amides is 1. The third kappa shape index (κ3) is 3.45. The molecule has 1 unspecified atom stereocenters. The number of halogens is 2. The number of rotatable bonds is 4. The van der Waals surface area contributed by atoms with E-state index in [9.17, 15) is 9.90 Å². The number of carbonyl (C=O) groups is 1. The quantitative estimate of drug-likeness (QED) is 0.896. The number of likely N-dealkylation sites (tertiary alicyclic amines) is 1. The lowest BCUT2D eigenvalue weighted by Crippen LogP contribution is -2.44. The Balaban J connectivity index is 2.04. The van der Waals surface area contributed by atoms with Gasteiger partial charge in [0.1, 0.15) is 5.75 Å². The molecule has 1 N–H and O–H groups in total. The summed E-state index contributed by atoms with van der Waals surface area (Å²) in [5, 5.41) is 9.87. The molecule has 4 nitrogen and oxygen atoms in total. The number of aliphatic hydroxyl groups excluding tert-OH is 1. The SMILES string of the molecule is CC(Oc1ccc(Cl)cc1Br)C(=O)N1CCC[C@H]1CO. The summed E-state index contributed by atoms with van der Waals surface area (Å²) in [4.78, 5) is 14.0. The highest BCUT2D eigenvalue weighted by Crippen LogP contribution is 2.29. The highest BCUT2D eigenvalue weighted by Gasteiger charge is 2.31. The van der Waals surface area contributed by atoms with Crippen LogP contribution in [0.15, 0.2) is 22.7 Å². The van der Waals surface area contributed by atoms with Crippen LogP contribution in [0.4, 0.5) is 0 Å². The van der Waals surface area contributed by atoms with Crippen molar-refractivity contribution in [1.29, 1.82) is 0 Å². The van der Waals surface area contributed by atoms with Crippen LogP contribution in [0, 0.1) is 0 Å². The van der Waals surface area contributed by atoms with Gasteiger partial charge in [0.05, 0.1) is 17.1 Å². The van der Waals surface area contributed by atoms with Crippen molar-refractivity contribution in [2.45, 2.75) is 31.9 Å². The summed E-state index contributed by atoms with van der Waals surface area (Å²) in [5.41, 5.74) is 0. The van der Waals surface area contributed by atoms with E-state index in [0.717, 1.165) is 12.8 Å². The molecule has 20 heavy (non-hydrogen) atoms. The van der Waals surface area contributed by atoms with Crippen LogP contribution in [0.3, 0.4) is 0 Å². The van der Waals surface area contributed by atoms with Gasteiger partial charge in [-0.2, -0.15) is 0 Å². The predicted octanol–water partition coefficient (Wildman–Crippen LogP) is 2.85. The van der Waals surface area contributed by atoms with E-state index >= 15 is 0 Å². The highest BCUT2D eigenvalue weighted by atomic mass is 79.9. The second-order valence-electron chi connectivity index (χ2n) is 4.85. The molecule has 0 aromatic heterocycles. The molecule has 1 fully saturated rings. The largest absolute Gasteiger partial charge is 0.480 e. The van der Waals surface area contributed by atoms with Gasteiger partial charge in [-0.05, 0) is 53.9 Å². The molecular formula is C14H17BrClNO3. The van der Waals surface area contributed by atoms with Crippen molar-refractivity contribution in [3.05, 3.63) is 27.7 Å². The van der Waals surface area contributed by atoms with E-state index in [4.69, 9.17) is 16.3 Å². The van der Waals surface area contributed by atoms with Crippen LogP contribution in [0.5, 0.6) is 5.75 Å². The van der Waals surface area contributed by atoms with Crippen LogP contribution in [0.25, 0.3) is 0 Å². The number of hydrogen-bond donors (Lipinski definition) is 1. The zero-order valence-corrected chi connectivity index (χ0v) is 13.5. The van der Waals surface area contributed by atoms with Gasteiger partial charge in [-0.15, -0.1) is 0 Å². The van der Waals surface area contributed by atoms with Gasteiger partial charge in [0.15, 0.2) is 6.10 Å². The topological polar surface area (TPSA) is 49.8 Å². The maximum Gasteiger partial charge on any atom is 0.263 e. The Hall–Kier alpha value is -0.780. The molecule has 0 spiro atoms. The van der Waals surface area contributed by atoms with Crippen molar-refractivity contribution >= 4 is 33.4 Å². The van der Waals surface area contributed by atoms with E-state index in [1.807, 2.05) is 0 Å². The second-order valence-corrected chi connectivity index (χ2v) is 6.14. The van der Waals surface area contributed by atoms with Gasteiger partial charge in [0.2, 0.25) is 0 Å². The molecule has 6 heteroatoms. The van der Waals surface area contributed by atoms with E-state index in [2.05, 4.69) is 15.9 Å². The molecule has 2 rings (SSSR count). The van der Waals surface area contributed by atoms with Crippen molar-refractivity contribution < 1.29 is 14.6 Å². The zero-order valence-electron chi connectivity index (χ0n) is 11.2. The van der Waals surface area contributed by atoms with E-state index in [-0.39, 0.29) is 18.6 Å². The molecule has 0 bridgehead atoms. The van der Waals surface area contributed by atoms with Gasteiger partial charge in [-0.1, -0.05) is 11.6 Å². The number of aliphatic hydroxyl groups is 1. The summed E-state index contributed by atoms with van der Waals surface area (Å²) >= 11 is 9.23. The van der Waals surface area contributed by atoms with Crippen molar-refractivity contribution in [2.75, 3.05) is 13.2 Å². The summed E-state index contributed by atoms with van der Waals surface area (Å²) < 4.78 is 6.40. The molecule has 1 heterocycles. The third-order valence-corrected chi connectivity index (χ3v) is 4.27. The fourth-order valence-corrected chi connectivity index (χ4v) is 3.14. The molecule has 1 saturated heterocycles. The summed E-state index contributed by atoms with van der Waals surface area (Å²) in [7, 11) is 0. The van der Waals surface area contributed by atoms with E-state index in [0.29, 0.717) is 21.8 Å². The number of nitrogens with zero attached hydrogens (tertiary/aromatic N) is 1. The van der Waals surface area contributed by atoms with Crippen LogP contribution >= 0.6 is 27.5 Å². The number of benzene rings is 1. The standard InChI is InChI=1S/C14H17BrClNO3/c1-9(14(19)17-6-2-3-11(17)8-18)20-13-5-4-10(16)7-12(13)15/h4-5,7,9,11,18H,2-3,6,8H2,1H3/t9?,11-/m0/s1. The minimum absolute atomic E-state index is 0.00307. The molecule has 0 saturated carbocycles. The smallest absolute Gasteiger partial charge is 0.263 e. The van der Waals surface area contributed by atoms with Gasteiger partial charge in [0.25, 0.3) is 5.91 Å². The van der Waals surface area contributed by atoms with E-state index in [1.165, 1.54) is 0 Å². The third-order valence-electron chi connectivity index (χ3n) is 3.42. The normalized spacial score (nSPS) is 20.0. The van der Waals surface area contributed by atoms with Crippen molar-refractivity contribution in [1.82, 2.24) is 4.90 Å². The van der Waals surface area contributed by atoms with Crippen LogP contribution in [0.2, 0.25) is 5.02 Å². The van der Waals surface area contributed by atoms with Gasteiger partial charge in [0, 0.05) is 11.6 Å². The Morgan fingerprint density at radius 1 is 1.65 bits per heavy atom. The molecule has 1 aromatic carbocycles. The Kier molecular flexibility index (Phi) is 5.29. The Labute approximate surface area is 131 Å². The van der Waals surface area contributed by atoms with Gasteiger partial charge < -0.3 is 14.7 Å². The first kappa shape index (κ1) is 15.6. The van der Waals surface area contributed by atoms with Crippen molar-refractivity contribution in [3.63, 3.8) is 0 Å². The maximum atomic E-state index is 12.3. The summed E-state index contributed by atoms with van der Waals surface area (Å²) in [6.45, 7) is 2.40. The molecule has 0 aliphatic carbocycles. The van der Waals surface area contributed by atoms with Crippen LogP contribution < -0.4 is 4.74 Å². The lowest BCUT2D eigenvalue weighted by Gasteiger charge is -2.26. The van der Waals surface area contributed by atoms with Crippen LogP contribution in [-0.2, 0) is 4.79 Å². The number of ether oxygens (including phenoxy) is 1. The van der Waals surface area contributed by atoms with Crippen molar-refractivity contribution in [3.8, 4) is 5.75 Å². The fourth-order valence-electron chi connectivity index (χ4n) is 2.36. The first-order valence-corrected chi connectivity index (χ1v) is 7.73. The monoisotopic (exact) mass is 361 g/mol. The summed E-state index contributed by atoms with van der Waals surface area (Å²) in [6.07, 6.45) is 1.17. The predicted molar refractivity (Wildman–Crippen MR) is 81.1 cm³/mol. The maximum absolute atomic E-state index is 12.3. The first-order chi connectivity index (χ1) is 9.52. The highest BCUT2D eigenvalue weighted by molar-refractivity contribution is 9.10. The molecule has 0 radical (unpaired) electrons. The molecule has 110 valence electrons. The molecule has 2 atom stereocenters. The molecular weight excluding hydrogens is 346 g/mol. The molecule has 1 aliphatic rings. The van der Waals surface area contributed by atoms with Gasteiger partial charge in [-0.3, -0.25) is 4.79 Å². The zero-order chi connectivity index (χ0) is 14.7.